The number of alkyl halides is 3. The van der Waals surface area contributed by atoms with E-state index in [4.69, 9.17) is 11.6 Å². The van der Waals surface area contributed by atoms with Crippen LogP contribution in [-0.2, 0) is 17.9 Å². The number of hydrogen-bond acceptors (Lipinski definition) is 3. The van der Waals surface area contributed by atoms with Crippen molar-refractivity contribution < 1.29 is 27.2 Å². The zero-order chi connectivity index (χ0) is 22.5. The smallest absolute Gasteiger partial charge is 0.314 e. The maximum Gasteiger partial charge on any atom is 0.394 e. The quantitative estimate of drug-likeness (QED) is 0.689. The highest BCUT2D eigenvalue weighted by atomic mass is 35.5. The van der Waals surface area contributed by atoms with Crippen LogP contribution < -0.4 is 10.2 Å². The van der Waals surface area contributed by atoms with E-state index in [0.717, 1.165) is 11.0 Å². The summed E-state index contributed by atoms with van der Waals surface area (Å²) < 4.78 is 54.2. The second kappa shape index (κ2) is 7.70. The fraction of sp³-hybridized carbons (Fsp3) is 0.421. The molecule has 0 bridgehead atoms. The minimum absolute atomic E-state index is 0.0394. The number of rotatable bonds is 2. The average Bonchev–Trinajstić information content (AvgIpc) is 3.26. The maximum absolute atomic E-state index is 13.3. The predicted octanol–water partition coefficient (Wildman–Crippen LogP) is 4.03. The topological polar surface area (TPSA) is 70.5 Å². The van der Waals surface area contributed by atoms with E-state index in [-0.39, 0.29) is 23.3 Å². The van der Waals surface area contributed by atoms with E-state index in [1.165, 1.54) is 23.2 Å². The molecule has 2 aromatic rings. The first-order chi connectivity index (χ1) is 14.5. The lowest BCUT2D eigenvalue weighted by Gasteiger charge is -2.35. The summed E-state index contributed by atoms with van der Waals surface area (Å²) in [6, 6.07) is 2.99. The Morgan fingerprint density at radius 3 is 2.68 bits per heavy atom. The minimum atomic E-state index is -4.46. The van der Waals surface area contributed by atoms with Crippen molar-refractivity contribution in [2.24, 2.45) is 5.92 Å². The molecule has 1 aromatic carbocycles. The van der Waals surface area contributed by atoms with Gasteiger partial charge in [0.05, 0.1) is 47.7 Å². The number of carbonyl (C=O) groups excluding carboxylic acids is 2. The van der Waals surface area contributed by atoms with Crippen LogP contribution in [0.2, 0.25) is 5.02 Å². The van der Waals surface area contributed by atoms with Gasteiger partial charge in [0, 0.05) is 18.7 Å². The second-order valence-corrected chi connectivity index (χ2v) is 8.05. The number of halogens is 5. The molecule has 1 aromatic heterocycles. The molecule has 166 valence electrons. The lowest BCUT2D eigenvalue weighted by Crippen LogP contribution is -2.47. The molecule has 2 atom stereocenters. The van der Waals surface area contributed by atoms with Gasteiger partial charge in [-0.2, -0.15) is 18.3 Å². The summed E-state index contributed by atoms with van der Waals surface area (Å²) in [6.45, 7) is 1.66. The van der Waals surface area contributed by atoms with E-state index in [1.807, 2.05) is 0 Å². The van der Waals surface area contributed by atoms with Crippen LogP contribution in [0.3, 0.4) is 0 Å². The molecule has 3 amide bonds. The summed E-state index contributed by atoms with van der Waals surface area (Å²) in [7, 11) is 0. The Morgan fingerprint density at radius 1 is 1.29 bits per heavy atom. The number of urea groups is 1. The van der Waals surface area contributed by atoms with E-state index in [9.17, 15) is 27.2 Å². The molecule has 0 radical (unpaired) electrons. The van der Waals surface area contributed by atoms with Gasteiger partial charge in [-0.15, -0.1) is 0 Å². The summed E-state index contributed by atoms with van der Waals surface area (Å²) in [5.41, 5.74) is 1.04. The molecule has 12 heteroatoms. The lowest BCUT2D eigenvalue weighted by molar-refractivity contribution is -0.169. The van der Waals surface area contributed by atoms with Gasteiger partial charge in [0.15, 0.2) is 0 Å². The molecule has 4 rings (SSSR count). The first-order valence-corrected chi connectivity index (χ1v) is 9.87. The summed E-state index contributed by atoms with van der Waals surface area (Å²) in [5.74, 6) is -2.98. The Hall–Kier alpha value is -2.82. The van der Waals surface area contributed by atoms with Crippen molar-refractivity contribution in [3.8, 4) is 0 Å². The average molecular weight is 460 g/mol. The Bertz CT molecular complexity index is 1040. The monoisotopic (exact) mass is 459 g/mol. The van der Waals surface area contributed by atoms with Crippen LogP contribution in [0.1, 0.15) is 19.0 Å². The highest BCUT2D eigenvalue weighted by Crippen LogP contribution is 2.38. The molecule has 3 heterocycles. The number of amides is 3. The molecular formula is C19H18ClF4N5O2. The first-order valence-electron chi connectivity index (χ1n) is 9.49. The molecule has 1 N–H and O–H groups in total. The summed E-state index contributed by atoms with van der Waals surface area (Å²) >= 11 is 5.75. The number of nitrogens with one attached hydrogen (secondary N) is 1. The third-order valence-electron chi connectivity index (χ3n) is 5.53. The number of aromatic nitrogens is 2. The van der Waals surface area contributed by atoms with Crippen LogP contribution >= 0.6 is 11.6 Å². The Labute approximate surface area is 179 Å². The van der Waals surface area contributed by atoms with Crippen LogP contribution in [0.4, 0.5) is 33.7 Å². The summed E-state index contributed by atoms with van der Waals surface area (Å²) in [6.07, 6.45) is -3.71. The van der Waals surface area contributed by atoms with Crippen molar-refractivity contribution in [1.82, 2.24) is 14.7 Å². The second-order valence-electron chi connectivity index (χ2n) is 7.64. The minimum Gasteiger partial charge on any atom is -0.314 e. The summed E-state index contributed by atoms with van der Waals surface area (Å²) in [5, 5.41) is 6.69. The van der Waals surface area contributed by atoms with Crippen molar-refractivity contribution in [1.29, 1.82) is 0 Å². The van der Waals surface area contributed by atoms with Gasteiger partial charge in [0.25, 0.3) is 0 Å². The molecule has 2 aliphatic rings. The van der Waals surface area contributed by atoms with Crippen molar-refractivity contribution in [3.05, 3.63) is 40.9 Å². The van der Waals surface area contributed by atoms with Gasteiger partial charge in [0.1, 0.15) is 5.82 Å². The Kier molecular flexibility index (Phi) is 5.32. The normalized spacial score (nSPS) is 21.4. The third kappa shape index (κ3) is 4.06. The summed E-state index contributed by atoms with van der Waals surface area (Å²) in [4.78, 5) is 27.6. The zero-order valence-electron chi connectivity index (χ0n) is 16.3. The van der Waals surface area contributed by atoms with E-state index < -0.39 is 42.8 Å². The fourth-order valence-electron chi connectivity index (χ4n) is 3.81. The maximum atomic E-state index is 13.3. The number of carbonyl (C=O) groups is 2. The van der Waals surface area contributed by atoms with Crippen LogP contribution in [-0.4, -0.2) is 45.4 Å². The molecule has 0 spiro atoms. The van der Waals surface area contributed by atoms with Crippen molar-refractivity contribution in [2.45, 2.75) is 38.7 Å². The number of fused-ring (bicyclic) bond motifs is 1. The molecular weight excluding hydrogens is 442 g/mol. The lowest BCUT2D eigenvalue weighted by atomic mass is 10.1. The van der Waals surface area contributed by atoms with Gasteiger partial charge in [-0.1, -0.05) is 11.6 Å². The fourth-order valence-corrected chi connectivity index (χ4v) is 3.99. The highest BCUT2D eigenvalue weighted by Gasteiger charge is 2.48. The van der Waals surface area contributed by atoms with E-state index in [0.29, 0.717) is 17.9 Å². The third-order valence-corrected chi connectivity index (χ3v) is 5.82. The largest absolute Gasteiger partial charge is 0.394 e. The van der Waals surface area contributed by atoms with Crippen LogP contribution in [0.25, 0.3) is 0 Å². The molecule has 2 aliphatic heterocycles. The first kappa shape index (κ1) is 21.4. The van der Waals surface area contributed by atoms with E-state index in [2.05, 4.69) is 10.4 Å². The number of hydrogen-bond donors (Lipinski definition) is 1. The molecule has 0 aliphatic carbocycles. The standard InChI is InChI=1S/C19H18ClF4N5O2/c1-10-7-29-16(9-27(10)18(31)26-12-2-3-14(21)13(20)5-12)15(6-25-29)28-8-11(4-17(28)30)19(22,23)24/h2-3,5-6,10-11H,4,7-9H2,1H3,(H,26,31). The van der Waals surface area contributed by atoms with Gasteiger partial charge >= 0.3 is 12.2 Å². The van der Waals surface area contributed by atoms with E-state index in [1.54, 1.807) is 11.6 Å². The van der Waals surface area contributed by atoms with Crippen molar-refractivity contribution in [2.75, 3.05) is 16.8 Å². The van der Waals surface area contributed by atoms with Gasteiger partial charge in [-0.25, -0.2) is 9.18 Å². The van der Waals surface area contributed by atoms with Crippen molar-refractivity contribution in [3.63, 3.8) is 0 Å². The van der Waals surface area contributed by atoms with E-state index >= 15 is 0 Å². The zero-order valence-corrected chi connectivity index (χ0v) is 17.0. The molecule has 31 heavy (non-hydrogen) atoms. The molecule has 1 saturated heterocycles. The van der Waals surface area contributed by atoms with Crippen LogP contribution in [0, 0.1) is 11.7 Å². The SMILES string of the molecule is CC1Cn2ncc(N3CC(C(F)(F)F)CC3=O)c2CN1C(=O)Nc1ccc(F)c(Cl)c1. The van der Waals surface area contributed by atoms with Gasteiger partial charge in [-0.3, -0.25) is 9.48 Å². The molecule has 7 nitrogen and oxygen atoms in total. The van der Waals surface area contributed by atoms with Crippen LogP contribution in [0.5, 0.6) is 0 Å². The number of benzene rings is 1. The Morgan fingerprint density at radius 2 is 2.03 bits per heavy atom. The molecule has 2 unspecified atom stereocenters. The highest BCUT2D eigenvalue weighted by molar-refractivity contribution is 6.31. The number of anilines is 2. The molecule has 0 saturated carbocycles. The van der Waals surface area contributed by atoms with Crippen LogP contribution in [0.15, 0.2) is 24.4 Å². The number of nitrogens with zero attached hydrogens (tertiary/aromatic N) is 4. The van der Waals surface area contributed by atoms with Gasteiger partial charge in [-0.05, 0) is 25.1 Å². The Balaban J connectivity index is 1.54. The predicted molar refractivity (Wildman–Crippen MR) is 104 cm³/mol. The van der Waals surface area contributed by atoms with Gasteiger partial charge in [0.2, 0.25) is 5.91 Å². The van der Waals surface area contributed by atoms with Gasteiger partial charge < -0.3 is 15.1 Å². The molecule has 1 fully saturated rings. The van der Waals surface area contributed by atoms with Crippen molar-refractivity contribution >= 4 is 34.9 Å².